The van der Waals surface area contributed by atoms with Crippen LogP contribution in [0.5, 0.6) is 11.5 Å². The SMILES string of the molecule is COc1cccc(CNC(=O)NCCOc2cccc(C)c2)c1. The molecule has 23 heavy (non-hydrogen) atoms. The molecule has 0 saturated heterocycles. The number of methoxy groups -OCH3 is 1. The number of hydrogen-bond acceptors (Lipinski definition) is 3. The summed E-state index contributed by atoms with van der Waals surface area (Å²) in [5.41, 5.74) is 2.13. The third kappa shape index (κ3) is 5.90. The lowest BCUT2D eigenvalue weighted by molar-refractivity contribution is 0.236. The highest BCUT2D eigenvalue weighted by Crippen LogP contribution is 2.12. The molecule has 2 aromatic carbocycles. The molecule has 0 spiro atoms. The molecule has 0 heterocycles. The first-order valence-electron chi connectivity index (χ1n) is 7.51. The number of benzene rings is 2. The van der Waals surface area contributed by atoms with Crippen LogP contribution in [0.1, 0.15) is 11.1 Å². The Morgan fingerprint density at radius 2 is 1.83 bits per heavy atom. The maximum atomic E-state index is 11.7. The lowest BCUT2D eigenvalue weighted by Crippen LogP contribution is -2.37. The first-order valence-corrected chi connectivity index (χ1v) is 7.51. The number of urea groups is 1. The zero-order valence-electron chi connectivity index (χ0n) is 13.5. The Morgan fingerprint density at radius 3 is 2.61 bits per heavy atom. The predicted molar refractivity (Wildman–Crippen MR) is 89.9 cm³/mol. The van der Waals surface area contributed by atoms with Crippen LogP contribution in [-0.2, 0) is 6.54 Å². The third-order valence-corrected chi connectivity index (χ3v) is 3.23. The Hall–Kier alpha value is -2.69. The minimum absolute atomic E-state index is 0.222. The second-order valence-corrected chi connectivity index (χ2v) is 5.13. The van der Waals surface area contributed by atoms with Crippen LogP contribution in [-0.4, -0.2) is 26.3 Å². The standard InChI is InChI=1S/C18H22N2O3/c1-14-5-3-8-17(11-14)23-10-9-19-18(21)20-13-15-6-4-7-16(12-15)22-2/h3-8,11-12H,9-10,13H2,1-2H3,(H2,19,20,21). The molecule has 0 unspecified atom stereocenters. The average molecular weight is 314 g/mol. The smallest absolute Gasteiger partial charge is 0.315 e. The summed E-state index contributed by atoms with van der Waals surface area (Å²) in [4.78, 5) is 11.7. The first kappa shape index (κ1) is 16.7. The van der Waals surface area contributed by atoms with Gasteiger partial charge in [0.1, 0.15) is 18.1 Å². The maximum absolute atomic E-state index is 11.7. The summed E-state index contributed by atoms with van der Waals surface area (Å²) >= 11 is 0. The Labute approximate surface area is 136 Å². The number of hydrogen-bond donors (Lipinski definition) is 2. The van der Waals surface area contributed by atoms with Crippen LogP contribution in [0.3, 0.4) is 0 Å². The van der Waals surface area contributed by atoms with E-state index in [1.807, 2.05) is 55.5 Å². The van der Waals surface area contributed by atoms with Crippen molar-refractivity contribution >= 4 is 6.03 Å². The van der Waals surface area contributed by atoms with E-state index < -0.39 is 0 Å². The van der Waals surface area contributed by atoms with E-state index in [2.05, 4.69) is 10.6 Å². The quantitative estimate of drug-likeness (QED) is 0.773. The van der Waals surface area contributed by atoms with Crippen LogP contribution in [0.15, 0.2) is 48.5 Å². The Balaban J connectivity index is 1.65. The second kappa shape index (κ2) is 8.68. The minimum Gasteiger partial charge on any atom is -0.497 e. The van der Waals surface area contributed by atoms with Gasteiger partial charge in [-0.25, -0.2) is 4.79 Å². The molecule has 122 valence electrons. The largest absolute Gasteiger partial charge is 0.497 e. The summed E-state index contributed by atoms with van der Waals surface area (Å²) in [6, 6.07) is 15.2. The molecule has 0 atom stereocenters. The first-order chi connectivity index (χ1) is 11.2. The summed E-state index contributed by atoms with van der Waals surface area (Å²) in [6.45, 7) is 3.33. The summed E-state index contributed by atoms with van der Waals surface area (Å²) in [6.07, 6.45) is 0. The van der Waals surface area contributed by atoms with E-state index in [-0.39, 0.29) is 6.03 Å². The van der Waals surface area contributed by atoms with Crippen molar-refractivity contribution in [1.82, 2.24) is 10.6 Å². The van der Waals surface area contributed by atoms with Gasteiger partial charge < -0.3 is 20.1 Å². The van der Waals surface area contributed by atoms with Gasteiger partial charge in [0.25, 0.3) is 0 Å². The van der Waals surface area contributed by atoms with Crippen LogP contribution >= 0.6 is 0 Å². The molecule has 0 aliphatic heterocycles. The van der Waals surface area contributed by atoms with Crippen molar-refractivity contribution in [2.24, 2.45) is 0 Å². The van der Waals surface area contributed by atoms with Crippen LogP contribution in [0.4, 0.5) is 4.79 Å². The number of nitrogens with one attached hydrogen (secondary N) is 2. The topological polar surface area (TPSA) is 59.6 Å². The lowest BCUT2D eigenvalue weighted by atomic mass is 10.2. The Morgan fingerprint density at radius 1 is 1.04 bits per heavy atom. The molecule has 0 saturated carbocycles. The van der Waals surface area contributed by atoms with E-state index in [0.29, 0.717) is 19.7 Å². The fourth-order valence-corrected chi connectivity index (χ4v) is 2.07. The number of ether oxygens (including phenoxy) is 2. The van der Waals surface area contributed by atoms with E-state index in [9.17, 15) is 4.79 Å². The molecule has 0 aliphatic rings. The maximum Gasteiger partial charge on any atom is 0.315 e. The molecule has 2 rings (SSSR count). The van der Waals surface area contributed by atoms with Gasteiger partial charge in [-0.05, 0) is 42.3 Å². The van der Waals surface area contributed by atoms with Crippen molar-refractivity contribution in [3.63, 3.8) is 0 Å². The number of aryl methyl sites for hydroxylation is 1. The highest BCUT2D eigenvalue weighted by Gasteiger charge is 2.01. The third-order valence-electron chi connectivity index (χ3n) is 3.23. The van der Waals surface area contributed by atoms with E-state index in [4.69, 9.17) is 9.47 Å². The van der Waals surface area contributed by atoms with Gasteiger partial charge in [0, 0.05) is 6.54 Å². The molecule has 0 radical (unpaired) electrons. The van der Waals surface area contributed by atoms with E-state index in [0.717, 1.165) is 22.6 Å². The van der Waals surface area contributed by atoms with E-state index >= 15 is 0 Å². The lowest BCUT2D eigenvalue weighted by Gasteiger charge is -2.10. The number of carbonyl (C=O) groups is 1. The van der Waals surface area contributed by atoms with Gasteiger partial charge in [-0.2, -0.15) is 0 Å². The molecule has 2 N–H and O–H groups in total. The van der Waals surface area contributed by atoms with Gasteiger partial charge in [0.05, 0.1) is 13.7 Å². The molecule has 0 aromatic heterocycles. The minimum atomic E-state index is -0.222. The van der Waals surface area contributed by atoms with Gasteiger partial charge in [-0.3, -0.25) is 0 Å². The monoisotopic (exact) mass is 314 g/mol. The molecular formula is C18H22N2O3. The molecule has 5 nitrogen and oxygen atoms in total. The van der Waals surface area contributed by atoms with Crippen LogP contribution in [0.2, 0.25) is 0 Å². The van der Waals surface area contributed by atoms with Gasteiger partial charge in [-0.1, -0.05) is 24.3 Å². The zero-order valence-corrected chi connectivity index (χ0v) is 13.5. The summed E-state index contributed by atoms with van der Waals surface area (Å²) in [7, 11) is 1.62. The highest BCUT2D eigenvalue weighted by atomic mass is 16.5. The van der Waals surface area contributed by atoms with Gasteiger partial charge >= 0.3 is 6.03 Å². The molecule has 2 aromatic rings. The Bertz CT molecular complexity index is 644. The Kier molecular flexibility index (Phi) is 6.29. The van der Waals surface area contributed by atoms with Crippen LogP contribution in [0, 0.1) is 6.92 Å². The molecule has 0 aliphatic carbocycles. The highest BCUT2D eigenvalue weighted by molar-refractivity contribution is 5.73. The number of carbonyl (C=O) groups excluding carboxylic acids is 1. The molecule has 2 amide bonds. The summed E-state index contributed by atoms with van der Waals surface area (Å²) in [5.74, 6) is 1.58. The zero-order chi connectivity index (χ0) is 16.5. The van der Waals surface area contributed by atoms with Crippen molar-refractivity contribution in [2.45, 2.75) is 13.5 Å². The number of amides is 2. The predicted octanol–water partition coefficient (Wildman–Crippen LogP) is 2.88. The van der Waals surface area contributed by atoms with Gasteiger partial charge in [-0.15, -0.1) is 0 Å². The molecule has 0 bridgehead atoms. The van der Waals surface area contributed by atoms with Gasteiger partial charge in [0.15, 0.2) is 0 Å². The van der Waals surface area contributed by atoms with Crippen molar-refractivity contribution < 1.29 is 14.3 Å². The van der Waals surface area contributed by atoms with Crippen molar-refractivity contribution in [3.8, 4) is 11.5 Å². The average Bonchev–Trinajstić information content (AvgIpc) is 2.57. The van der Waals surface area contributed by atoms with Gasteiger partial charge in [0.2, 0.25) is 0 Å². The molecular weight excluding hydrogens is 292 g/mol. The van der Waals surface area contributed by atoms with Crippen molar-refractivity contribution in [1.29, 1.82) is 0 Å². The second-order valence-electron chi connectivity index (χ2n) is 5.13. The van der Waals surface area contributed by atoms with E-state index in [1.165, 1.54) is 0 Å². The van der Waals surface area contributed by atoms with Crippen molar-refractivity contribution in [2.75, 3.05) is 20.3 Å². The molecule has 0 fully saturated rings. The number of rotatable bonds is 7. The fourth-order valence-electron chi connectivity index (χ4n) is 2.07. The van der Waals surface area contributed by atoms with Crippen LogP contribution < -0.4 is 20.1 Å². The van der Waals surface area contributed by atoms with Crippen molar-refractivity contribution in [3.05, 3.63) is 59.7 Å². The summed E-state index contributed by atoms with van der Waals surface area (Å²) < 4.78 is 10.7. The van der Waals surface area contributed by atoms with Crippen LogP contribution in [0.25, 0.3) is 0 Å². The summed E-state index contributed by atoms with van der Waals surface area (Å²) in [5, 5.41) is 5.56. The van der Waals surface area contributed by atoms with E-state index in [1.54, 1.807) is 7.11 Å². The fraction of sp³-hybridized carbons (Fsp3) is 0.278. The molecule has 5 heteroatoms. The normalized spacial score (nSPS) is 10.0.